The SMILES string of the molecule is CCOC(=O)c1c(C)c(C)n2c1-c1cc(OC)c(OC)c(Cl)c1CC2C#N. The van der Waals surface area contributed by atoms with E-state index < -0.39 is 12.0 Å². The molecule has 2 aromatic rings. The molecule has 0 fully saturated rings. The van der Waals surface area contributed by atoms with Crippen molar-refractivity contribution < 1.29 is 19.0 Å². The molecule has 27 heavy (non-hydrogen) atoms. The molecule has 1 atom stereocenters. The fraction of sp³-hybridized carbons (Fsp3) is 0.400. The number of aromatic nitrogens is 1. The van der Waals surface area contributed by atoms with E-state index in [4.69, 9.17) is 25.8 Å². The molecule has 1 unspecified atom stereocenters. The molecule has 0 amide bonds. The molecule has 2 heterocycles. The number of fused-ring (bicyclic) bond motifs is 3. The Balaban J connectivity index is 2.42. The second-order valence-electron chi connectivity index (χ2n) is 6.33. The Morgan fingerprint density at radius 1 is 1.37 bits per heavy atom. The minimum absolute atomic E-state index is 0.267. The van der Waals surface area contributed by atoms with Gasteiger partial charge in [0.05, 0.1) is 43.2 Å². The highest BCUT2D eigenvalue weighted by Crippen LogP contribution is 2.49. The van der Waals surface area contributed by atoms with Crippen LogP contribution >= 0.6 is 11.6 Å². The van der Waals surface area contributed by atoms with Crippen molar-refractivity contribution in [1.82, 2.24) is 4.57 Å². The number of methoxy groups -OCH3 is 2. The Morgan fingerprint density at radius 3 is 2.63 bits per heavy atom. The summed E-state index contributed by atoms with van der Waals surface area (Å²) in [6, 6.07) is 3.65. The largest absolute Gasteiger partial charge is 0.493 e. The lowest BCUT2D eigenvalue weighted by Crippen LogP contribution is -2.20. The maximum absolute atomic E-state index is 12.7. The van der Waals surface area contributed by atoms with Gasteiger partial charge < -0.3 is 18.8 Å². The molecule has 7 heteroatoms. The number of nitrogens with zero attached hydrogens (tertiary/aromatic N) is 2. The van der Waals surface area contributed by atoms with Gasteiger partial charge in [0.25, 0.3) is 0 Å². The van der Waals surface area contributed by atoms with E-state index in [1.54, 1.807) is 13.0 Å². The van der Waals surface area contributed by atoms with E-state index >= 15 is 0 Å². The summed E-state index contributed by atoms with van der Waals surface area (Å²) in [5.41, 5.74) is 4.26. The van der Waals surface area contributed by atoms with E-state index in [0.29, 0.717) is 34.2 Å². The molecule has 142 valence electrons. The van der Waals surface area contributed by atoms with Crippen molar-refractivity contribution in [3.8, 4) is 28.8 Å². The molecule has 1 aliphatic rings. The van der Waals surface area contributed by atoms with Gasteiger partial charge in [-0.15, -0.1) is 0 Å². The van der Waals surface area contributed by atoms with Crippen LogP contribution in [0.3, 0.4) is 0 Å². The zero-order chi connectivity index (χ0) is 19.9. The standard InChI is InChI=1S/C20H21ClN2O4/c1-6-27-20(24)16-10(2)11(3)23-12(9-22)7-13-14(18(16)23)8-15(25-4)19(26-5)17(13)21/h8,12H,6-7H2,1-5H3. The van der Waals surface area contributed by atoms with Gasteiger partial charge in [-0.1, -0.05) is 11.6 Å². The number of hydrogen-bond donors (Lipinski definition) is 0. The summed E-state index contributed by atoms with van der Waals surface area (Å²) < 4.78 is 18.0. The number of nitriles is 1. The lowest BCUT2D eigenvalue weighted by molar-refractivity contribution is 0.0526. The molecule has 1 aliphatic heterocycles. The van der Waals surface area contributed by atoms with Crippen molar-refractivity contribution in [2.45, 2.75) is 33.2 Å². The normalized spacial score (nSPS) is 14.8. The molecular formula is C20H21ClN2O4. The summed E-state index contributed by atoms with van der Waals surface area (Å²) in [6.07, 6.45) is 0.412. The maximum Gasteiger partial charge on any atom is 0.340 e. The van der Waals surface area contributed by atoms with Crippen molar-refractivity contribution >= 4 is 17.6 Å². The summed E-state index contributed by atoms with van der Waals surface area (Å²) >= 11 is 6.60. The number of esters is 1. The van der Waals surface area contributed by atoms with Crippen LogP contribution in [-0.2, 0) is 11.2 Å². The monoisotopic (exact) mass is 388 g/mol. The van der Waals surface area contributed by atoms with E-state index in [0.717, 1.165) is 22.4 Å². The minimum atomic E-state index is -0.482. The summed E-state index contributed by atoms with van der Waals surface area (Å²) in [5, 5.41) is 10.2. The van der Waals surface area contributed by atoms with E-state index in [9.17, 15) is 10.1 Å². The summed E-state index contributed by atoms with van der Waals surface area (Å²) in [4.78, 5) is 12.7. The highest BCUT2D eigenvalue weighted by Gasteiger charge is 2.36. The number of halogens is 1. The van der Waals surface area contributed by atoms with Gasteiger partial charge >= 0.3 is 5.97 Å². The molecule has 0 saturated carbocycles. The first-order chi connectivity index (χ1) is 12.9. The van der Waals surface area contributed by atoms with Gasteiger partial charge in [-0.25, -0.2) is 4.79 Å². The molecule has 1 aromatic carbocycles. The van der Waals surface area contributed by atoms with Crippen LogP contribution in [0.15, 0.2) is 6.07 Å². The highest BCUT2D eigenvalue weighted by molar-refractivity contribution is 6.33. The average Bonchev–Trinajstić information content (AvgIpc) is 2.93. The topological polar surface area (TPSA) is 73.5 Å². The predicted molar refractivity (Wildman–Crippen MR) is 102 cm³/mol. The molecule has 1 aromatic heterocycles. The van der Waals surface area contributed by atoms with Crippen molar-refractivity contribution in [2.75, 3.05) is 20.8 Å². The average molecular weight is 389 g/mol. The van der Waals surface area contributed by atoms with Gasteiger partial charge in [0.1, 0.15) is 6.04 Å². The number of carbonyl (C=O) groups is 1. The Kier molecular flexibility index (Phi) is 5.07. The van der Waals surface area contributed by atoms with Gasteiger partial charge in [-0.3, -0.25) is 0 Å². The highest BCUT2D eigenvalue weighted by atomic mass is 35.5. The van der Waals surface area contributed by atoms with Crippen LogP contribution in [0.2, 0.25) is 5.02 Å². The lowest BCUT2D eigenvalue weighted by Gasteiger charge is -2.28. The number of ether oxygens (including phenoxy) is 3. The third kappa shape index (κ3) is 2.74. The summed E-state index contributed by atoms with van der Waals surface area (Å²) in [5.74, 6) is 0.470. The van der Waals surface area contributed by atoms with Crippen molar-refractivity contribution in [3.63, 3.8) is 0 Å². The quantitative estimate of drug-likeness (QED) is 0.732. The maximum atomic E-state index is 12.7. The summed E-state index contributed by atoms with van der Waals surface area (Å²) in [6.45, 7) is 5.80. The number of carbonyl (C=O) groups excluding carboxylic acids is 1. The first-order valence-corrected chi connectivity index (χ1v) is 9.00. The molecule has 0 saturated heterocycles. The van der Waals surface area contributed by atoms with Crippen LogP contribution in [0.4, 0.5) is 0 Å². The first kappa shape index (κ1) is 19.1. The van der Waals surface area contributed by atoms with Crippen molar-refractivity contribution in [3.05, 3.63) is 33.5 Å². The zero-order valence-electron chi connectivity index (χ0n) is 16.0. The second kappa shape index (κ2) is 7.16. The van der Waals surface area contributed by atoms with Crippen LogP contribution in [0.1, 0.15) is 40.1 Å². The first-order valence-electron chi connectivity index (χ1n) is 8.62. The van der Waals surface area contributed by atoms with E-state index in [1.165, 1.54) is 14.2 Å². The Morgan fingerprint density at radius 2 is 2.07 bits per heavy atom. The third-order valence-corrected chi connectivity index (χ3v) is 5.46. The van der Waals surface area contributed by atoms with Gasteiger partial charge in [-0.2, -0.15) is 5.26 Å². The summed E-state index contributed by atoms with van der Waals surface area (Å²) in [7, 11) is 3.05. The van der Waals surface area contributed by atoms with Gasteiger partial charge in [0, 0.05) is 17.7 Å². The predicted octanol–water partition coefficient (Wildman–Crippen LogP) is 4.24. The van der Waals surface area contributed by atoms with Crippen LogP contribution in [0, 0.1) is 25.2 Å². The molecule has 0 aliphatic carbocycles. The third-order valence-electron chi connectivity index (χ3n) is 5.06. The van der Waals surface area contributed by atoms with Crippen LogP contribution < -0.4 is 9.47 Å². The molecule has 3 rings (SSSR count). The Hall–Kier alpha value is -2.65. The zero-order valence-corrected chi connectivity index (χ0v) is 16.7. The van der Waals surface area contributed by atoms with E-state index in [2.05, 4.69) is 6.07 Å². The van der Waals surface area contributed by atoms with Gasteiger partial charge in [0.2, 0.25) is 0 Å². The minimum Gasteiger partial charge on any atom is -0.493 e. The molecule has 0 radical (unpaired) electrons. The van der Waals surface area contributed by atoms with Crippen LogP contribution in [-0.4, -0.2) is 31.4 Å². The van der Waals surface area contributed by atoms with Gasteiger partial charge in [-0.05, 0) is 38.0 Å². The smallest absolute Gasteiger partial charge is 0.340 e. The second-order valence-corrected chi connectivity index (χ2v) is 6.70. The molecule has 0 N–H and O–H groups in total. The fourth-order valence-electron chi connectivity index (χ4n) is 3.72. The number of hydrogen-bond acceptors (Lipinski definition) is 5. The molecule has 0 bridgehead atoms. The number of rotatable bonds is 4. The van der Waals surface area contributed by atoms with Crippen LogP contribution in [0.5, 0.6) is 11.5 Å². The number of benzene rings is 1. The molecule has 6 nitrogen and oxygen atoms in total. The Bertz CT molecular complexity index is 972. The molecular weight excluding hydrogens is 368 g/mol. The van der Waals surface area contributed by atoms with E-state index in [-0.39, 0.29) is 6.61 Å². The van der Waals surface area contributed by atoms with Crippen molar-refractivity contribution in [2.24, 2.45) is 0 Å². The Labute approximate surface area is 163 Å². The van der Waals surface area contributed by atoms with Crippen LogP contribution in [0.25, 0.3) is 11.3 Å². The fourth-order valence-corrected chi connectivity index (χ4v) is 4.07. The molecule has 0 spiro atoms. The van der Waals surface area contributed by atoms with Crippen molar-refractivity contribution in [1.29, 1.82) is 5.26 Å². The lowest BCUT2D eigenvalue weighted by atomic mass is 9.91. The van der Waals surface area contributed by atoms with E-state index in [1.807, 2.05) is 18.4 Å². The van der Waals surface area contributed by atoms with Gasteiger partial charge in [0.15, 0.2) is 11.5 Å².